The van der Waals surface area contributed by atoms with Crippen LogP contribution in [0.15, 0.2) is 103 Å². The van der Waals surface area contributed by atoms with Crippen molar-refractivity contribution in [3.05, 3.63) is 143 Å². The van der Waals surface area contributed by atoms with E-state index in [9.17, 15) is 28.7 Å². The lowest BCUT2D eigenvalue weighted by Crippen LogP contribution is -2.14. The Morgan fingerprint density at radius 1 is 0.504 bits per heavy atom. The predicted octanol–water partition coefficient (Wildman–Crippen LogP) is 8.69. The summed E-state index contributed by atoms with van der Waals surface area (Å²) in [6, 6.07) is 10.6. The third kappa shape index (κ3) is 17.5. The molecule has 4 amide bonds. The molecular formula is C81H95FN32O5. The number of pyridine rings is 4. The smallest absolute Gasteiger partial charge is 0.267 e. The van der Waals surface area contributed by atoms with Crippen molar-refractivity contribution in [1.29, 1.82) is 0 Å². The number of carbonyl (C=O) groups excluding carboxylic acids is 4. The molecule has 15 heterocycles. The maximum Gasteiger partial charge on any atom is 0.267 e. The number of nitrogens with zero attached hydrogens (tertiary/aromatic N) is 27. The van der Waals surface area contributed by atoms with Crippen LogP contribution in [-0.4, -0.2) is 174 Å². The molecule has 119 heavy (non-hydrogen) atoms. The number of imidazole rings is 4. The summed E-state index contributed by atoms with van der Waals surface area (Å²) >= 11 is 0. The summed E-state index contributed by atoms with van der Waals surface area (Å²) < 4.78 is 32.9. The maximum atomic E-state index is 13.1. The van der Waals surface area contributed by atoms with E-state index in [1.54, 1.807) is 117 Å². The second-order valence-electron chi connectivity index (χ2n) is 28.6. The Morgan fingerprint density at radius 3 is 1.31 bits per heavy atom. The van der Waals surface area contributed by atoms with Crippen LogP contribution < -0.4 is 28.7 Å². The Bertz CT molecular complexity index is 6470. The van der Waals surface area contributed by atoms with Crippen LogP contribution in [0.3, 0.4) is 0 Å². The van der Waals surface area contributed by atoms with Crippen LogP contribution in [0, 0.1) is 33.1 Å². The van der Waals surface area contributed by atoms with Gasteiger partial charge in [0.1, 0.15) is 79.7 Å². The molecule has 15 aromatic rings. The minimum Gasteiger partial charge on any atom is -0.504 e. The highest BCUT2D eigenvalue weighted by atomic mass is 19.1. The highest BCUT2D eigenvalue weighted by Gasteiger charge is 2.27. The number of halogens is 1. The molecule has 15 aromatic heterocycles. The number of primary amides is 4. The van der Waals surface area contributed by atoms with Gasteiger partial charge in [0, 0.05) is 133 Å². The first-order chi connectivity index (χ1) is 56.8. The number of terminal acetylenes is 1. The number of aromatic hydroxyl groups is 1. The minimum atomic E-state index is -0.864. The minimum absolute atomic E-state index is 0.0966. The summed E-state index contributed by atoms with van der Waals surface area (Å²) in [6.45, 7) is 20.8. The number of alkyl halides is 1. The fourth-order valence-electron chi connectivity index (χ4n) is 13.7. The average molecular weight is 1620 g/mol. The van der Waals surface area contributed by atoms with E-state index in [1.807, 2.05) is 117 Å². The Hall–Kier alpha value is -14.7. The monoisotopic (exact) mass is 1610 g/mol. The van der Waals surface area contributed by atoms with Crippen molar-refractivity contribution < 1.29 is 28.7 Å². The average Bonchev–Trinajstić information content (AvgIpc) is 1.63. The van der Waals surface area contributed by atoms with E-state index in [4.69, 9.17) is 55.0 Å². The number of nitrogens with two attached hydrogens (primary N) is 5. The molecule has 38 heteroatoms. The highest BCUT2D eigenvalue weighted by Crippen LogP contribution is 2.37. The maximum absolute atomic E-state index is 13.1. The van der Waals surface area contributed by atoms with Crippen molar-refractivity contribution >= 4 is 73.0 Å². The lowest BCUT2D eigenvalue weighted by Gasteiger charge is -2.06. The van der Waals surface area contributed by atoms with Gasteiger partial charge in [-0.3, -0.25) is 56.9 Å². The molecule has 0 fully saturated rings. The number of aromatic nitrogens is 26. The molecule has 0 saturated carbocycles. The topological polar surface area (TPSA) is 479 Å². The third-order valence-corrected chi connectivity index (χ3v) is 19.6. The molecular weight excluding hydrogens is 1520 g/mol. The standard InChI is InChI=1S/C21H27FN8O.C21H26N8O.C20H20N8O.C19H22N8O2/c1-12(22)6-5-7-25-15(8-13(2)23)17-11-29(3)21(28-17)19-14-10-26-30(4)18(14)9-16(27-19)20(24)31;1-5-7-8-29-18(9-13(3)26-29)16-12-27(4)21(25-16)19-14-11-23-28(6-2)17(14)10-15(24-19)20(22)30;1-5-6-7-28-17(8-12(2)25-28)15-11-26(3)20(24-15)18-13-10-22-27(4)16(13)9-14(23-18)19(21)29;1-5-26-14-7-12(18(20)29)22-15(11(14)8-21-26)19-23-13(9-25(19)4)16-17(28)10(3)24-27(16)6-2/h8-12H,5-7,23H2,1-4H3,(H2,24,31);9-12H,5-8H2,1-4H3,(H2,22,30);1,8-11H,6-7H2,2-4H3,(H2,21,29);7-9,28H,5-6H2,1-4H3,(H2,20,29). The number of aryl methyl sites for hydroxylation is 14. The van der Waals surface area contributed by atoms with Crippen LogP contribution in [-0.2, 0) is 75.0 Å². The van der Waals surface area contributed by atoms with Gasteiger partial charge < -0.3 is 52.0 Å². The van der Waals surface area contributed by atoms with Gasteiger partial charge in [-0.15, -0.1) is 12.3 Å². The summed E-state index contributed by atoms with van der Waals surface area (Å²) in [7, 11) is 11.0. The molecule has 0 saturated heterocycles. The lowest BCUT2D eigenvalue weighted by molar-refractivity contribution is 0.0987. The molecule has 616 valence electrons. The first-order valence-corrected chi connectivity index (χ1v) is 38.5. The van der Waals surface area contributed by atoms with Gasteiger partial charge in [-0.05, 0) is 117 Å². The van der Waals surface area contributed by atoms with Crippen LogP contribution >= 0.6 is 0 Å². The van der Waals surface area contributed by atoms with E-state index in [0.29, 0.717) is 132 Å². The number of aliphatic imine (C=N–C) groups is 1. The lowest BCUT2D eigenvalue weighted by atomic mass is 10.2. The number of unbranched alkanes of at least 4 members (excludes halogenated alkanes) is 1. The fourth-order valence-corrected chi connectivity index (χ4v) is 13.7. The molecule has 1 unspecified atom stereocenters. The van der Waals surface area contributed by atoms with Gasteiger partial charge >= 0.3 is 0 Å². The van der Waals surface area contributed by atoms with Crippen LogP contribution in [0.1, 0.15) is 138 Å². The highest BCUT2D eigenvalue weighted by molar-refractivity contribution is 6.08. The van der Waals surface area contributed by atoms with Crippen molar-refractivity contribution in [2.75, 3.05) is 6.54 Å². The summed E-state index contributed by atoms with van der Waals surface area (Å²) in [4.78, 5) is 88.9. The molecule has 11 N–H and O–H groups in total. The first-order valence-electron chi connectivity index (χ1n) is 38.5. The van der Waals surface area contributed by atoms with E-state index in [-0.39, 0.29) is 28.5 Å². The molecule has 0 radical (unpaired) electrons. The van der Waals surface area contributed by atoms with E-state index in [0.717, 1.165) is 97.2 Å². The zero-order valence-corrected chi connectivity index (χ0v) is 69.0. The SMILES string of the molecule is C#CCCn1nc(C)cc1-c1cn(C)c(-c2nc(C(N)=O)cc3c2cnn3C)n1.CC(N)=CC(=NCCCC(C)F)c1cn(C)c(-c2nc(C(N)=O)cc3c2cnn3C)n1.CCCCn1nc(C)cc1-c1cn(C)c(-c2nc(C(N)=O)cc3c2cnn3CC)n1.CCn1nc(C)c(O)c1-c1cn(C)c(-c2nc(C(N)=O)cc3c2cnn3CC)n1. The van der Waals surface area contributed by atoms with Crippen molar-refractivity contribution in [3.63, 3.8) is 0 Å². The van der Waals surface area contributed by atoms with Gasteiger partial charge in [0.15, 0.2) is 29.0 Å². The number of amides is 4. The summed E-state index contributed by atoms with van der Waals surface area (Å²) in [6.07, 6.45) is 24.4. The Labute approximate surface area is 682 Å². The van der Waals surface area contributed by atoms with E-state index in [2.05, 4.69) is 73.5 Å². The Balaban J connectivity index is 0.000000146. The van der Waals surface area contributed by atoms with E-state index < -0.39 is 29.8 Å². The Kier molecular flexibility index (Phi) is 24.8. The predicted molar refractivity (Wildman–Crippen MR) is 449 cm³/mol. The summed E-state index contributed by atoms with van der Waals surface area (Å²) in [5.74, 6) is 2.61. The summed E-state index contributed by atoms with van der Waals surface area (Å²) in [5.41, 5.74) is 42.3. The van der Waals surface area contributed by atoms with Gasteiger partial charge in [0.2, 0.25) is 0 Å². The largest absolute Gasteiger partial charge is 0.504 e. The van der Waals surface area contributed by atoms with Gasteiger partial charge in [-0.1, -0.05) is 13.3 Å². The van der Waals surface area contributed by atoms with Gasteiger partial charge in [-0.25, -0.2) is 44.3 Å². The normalized spacial score (nSPS) is 12.0. The van der Waals surface area contributed by atoms with Crippen molar-refractivity contribution in [2.45, 2.75) is 133 Å². The van der Waals surface area contributed by atoms with Gasteiger partial charge in [0.25, 0.3) is 23.6 Å². The second kappa shape index (κ2) is 35.2. The molecule has 0 aliphatic rings. The van der Waals surface area contributed by atoms with Crippen molar-refractivity contribution in [3.8, 4) is 98.3 Å². The molecule has 0 aliphatic carbocycles. The quantitative estimate of drug-likeness (QED) is 0.0177. The van der Waals surface area contributed by atoms with Crippen LogP contribution in [0.5, 0.6) is 5.75 Å². The zero-order chi connectivity index (χ0) is 85.7. The van der Waals surface area contributed by atoms with Gasteiger partial charge in [-0.2, -0.15) is 35.7 Å². The fraction of sp³-hybridized carbons (Fsp3) is 0.333. The molecule has 1 atom stereocenters. The van der Waals surface area contributed by atoms with Crippen molar-refractivity contribution in [2.24, 2.45) is 75.9 Å². The molecule has 37 nitrogen and oxygen atoms in total. The number of carbonyl (C=O) groups is 4. The van der Waals surface area contributed by atoms with Crippen LogP contribution in [0.4, 0.5) is 4.39 Å². The summed E-state index contributed by atoms with van der Waals surface area (Å²) in [5, 5.41) is 44.4. The molecule has 0 aromatic carbocycles. The van der Waals surface area contributed by atoms with Crippen molar-refractivity contribution in [1.82, 2.24) is 127 Å². The second-order valence-corrected chi connectivity index (χ2v) is 28.6. The van der Waals surface area contributed by atoms with Gasteiger partial charge in [0.05, 0.1) is 88.1 Å². The first kappa shape index (κ1) is 83.7. The molecule has 0 spiro atoms. The van der Waals surface area contributed by atoms with Crippen LogP contribution in [0.25, 0.3) is 124 Å². The van der Waals surface area contributed by atoms with Crippen LogP contribution in [0.2, 0.25) is 0 Å². The number of allylic oxidation sites excluding steroid dienone is 2. The third-order valence-electron chi connectivity index (χ3n) is 19.6. The molecule has 0 aliphatic heterocycles. The Morgan fingerprint density at radius 2 is 0.899 bits per heavy atom. The van der Waals surface area contributed by atoms with E-state index >= 15 is 0 Å². The molecule has 15 rings (SSSR count). The number of fused-ring (bicyclic) bond motifs is 4. The number of hydrogen-bond donors (Lipinski definition) is 6. The number of hydrogen-bond acceptors (Lipinski definition) is 22. The zero-order valence-electron chi connectivity index (χ0n) is 69.0. The van der Waals surface area contributed by atoms with E-state index in [1.165, 1.54) is 6.92 Å². The molecule has 0 bridgehead atoms. The number of rotatable bonds is 25.